The Labute approximate surface area is 111 Å². The van der Waals surface area contributed by atoms with Crippen LogP contribution >= 0.6 is 0 Å². The Morgan fingerprint density at radius 3 is 2.16 bits per heavy atom. The monoisotopic (exact) mass is 301 g/mol. The van der Waals surface area contributed by atoms with E-state index in [0.717, 1.165) is 0 Å². The zero-order valence-corrected chi connectivity index (χ0v) is 11.6. The summed E-state index contributed by atoms with van der Waals surface area (Å²) < 4.78 is 58.9. The number of hydrogen-bond donors (Lipinski definition) is 1. The van der Waals surface area contributed by atoms with Gasteiger partial charge in [-0.05, 0) is 12.8 Å². The van der Waals surface area contributed by atoms with E-state index in [2.05, 4.69) is 32.3 Å². The molecule has 1 aliphatic heterocycles. The highest BCUT2D eigenvalue weighted by Gasteiger charge is 2.36. The van der Waals surface area contributed by atoms with E-state index in [4.69, 9.17) is 13.0 Å². The second kappa shape index (κ2) is 7.66. The molecule has 1 atom stereocenters. The number of halogens is 3. The zero-order valence-electron chi connectivity index (χ0n) is 10.8. The highest BCUT2D eigenvalue weighted by Crippen LogP contribution is 2.20. The van der Waals surface area contributed by atoms with Crippen molar-refractivity contribution >= 4 is 10.1 Å². The van der Waals surface area contributed by atoms with E-state index in [9.17, 15) is 13.2 Å². The lowest BCUT2D eigenvalue weighted by Crippen LogP contribution is -3.01. The lowest BCUT2D eigenvalue weighted by molar-refractivity contribution is -0.787. The highest BCUT2D eigenvalue weighted by molar-refractivity contribution is 7.86. The van der Waals surface area contributed by atoms with Crippen molar-refractivity contribution in [1.29, 1.82) is 0 Å². The lowest BCUT2D eigenvalue weighted by atomic mass is 10.2. The molecule has 1 N–H and O–H groups in total. The minimum Gasteiger partial charge on any atom is -0.741 e. The van der Waals surface area contributed by atoms with Gasteiger partial charge in [0.05, 0.1) is 12.7 Å². The molecule has 0 spiro atoms. The topological polar surface area (TPSA) is 61.6 Å². The number of nitrogens with one attached hydrogen (secondary N) is 1. The molecular formula is C11H18F3NO3S. The van der Waals surface area contributed by atoms with Crippen LogP contribution in [0.3, 0.4) is 0 Å². The number of rotatable bonds is 4. The molecular weight excluding hydrogens is 283 g/mol. The number of alkyl halides is 3. The van der Waals surface area contributed by atoms with Gasteiger partial charge in [0, 0.05) is 11.6 Å². The molecule has 0 aromatic carbocycles. The predicted octanol–water partition coefficient (Wildman–Crippen LogP) is 1.54. The average Bonchev–Trinajstić information content (AvgIpc) is 2.65. The van der Waals surface area contributed by atoms with E-state index in [0.29, 0.717) is 0 Å². The summed E-state index contributed by atoms with van der Waals surface area (Å²) >= 11 is 0. The summed E-state index contributed by atoms with van der Waals surface area (Å²) in [7, 11) is -6.09. The Morgan fingerprint density at radius 2 is 1.79 bits per heavy atom. The van der Waals surface area contributed by atoms with E-state index < -0.39 is 15.6 Å². The molecule has 0 saturated heterocycles. The second-order valence-electron chi connectivity index (χ2n) is 4.03. The first-order valence-corrected chi connectivity index (χ1v) is 7.29. The first-order valence-electron chi connectivity index (χ1n) is 5.88. The maximum absolute atomic E-state index is 10.7. The molecule has 1 rings (SSSR count). The fourth-order valence-corrected chi connectivity index (χ4v) is 1.44. The van der Waals surface area contributed by atoms with Crippen LogP contribution in [0, 0.1) is 0 Å². The van der Waals surface area contributed by atoms with Gasteiger partial charge in [0.1, 0.15) is 6.20 Å². The van der Waals surface area contributed by atoms with Crippen LogP contribution < -0.4 is 4.90 Å². The standard InChI is InChI=1S/C10H17N.CHF3O3S/c1-3-5-10-6-8-11(9-10)7-4-2;2-1(3,4)8(5,6)7/h6,8-9H,3-5,7H2,1-2H3;(H,5,6,7). The highest BCUT2D eigenvalue weighted by atomic mass is 32.2. The zero-order chi connectivity index (χ0) is 15.1. The summed E-state index contributed by atoms with van der Waals surface area (Å²) in [6.45, 7) is 5.70. The lowest BCUT2D eigenvalue weighted by Gasteiger charge is -2.08. The first-order chi connectivity index (χ1) is 8.61. The van der Waals surface area contributed by atoms with Gasteiger partial charge >= 0.3 is 5.51 Å². The van der Waals surface area contributed by atoms with E-state index in [1.807, 2.05) is 0 Å². The van der Waals surface area contributed by atoms with Crippen molar-refractivity contribution < 1.29 is 31.0 Å². The van der Waals surface area contributed by atoms with Crippen LogP contribution in [0.5, 0.6) is 0 Å². The average molecular weight is 301 g/mol. The number of allylic oxidation sites excluding steroid dienone is 2. The van der Waals surface area contributed by atoms with Gasteiger partial charge in [0.25, 0.3) is 0 Å². The van der Waals surface area contributed by atoms with E-state index in [1.54, 1.807) is 0 Å². The normalized spacial score (nSPS) is 18.8. The summed E-state index contributed by atoms with van der Waals surface area (Å²) in [5, 5.41) is 0. The second-order valence-corrected chi connectivity index (χ2v) is 5.40. The SMILES string of the molecule is CCCC1=C[NH+](CCC)C=C1.O=S(=O)([O-])C(F)(F)F. The van der Waals surface area contributed by atoms with Crippen molar-refractivity contribution in [2.24, 2.45) is 0 Å². The molecule has 0 aromatic heterocycles. The molecule has 1 aliphatic rings. The predicted molar refractivity (Wildman–Crippen MR) is 64.0 cm³/mol. The molecule has 1 heterocycles. The van der Waals surface area contributed by atoms with Gasteiger partial charge < -0.3 is 4.55 Å². The van der Waals surface area contributed by atoms with Gasteiger partial charge in [-0.15, -0.1) is 0 Å². The van der Waals surface area contributed by atoms with Gasteiger partial charge in [-0.25, -0.2) is 8.42 Å². The van der Waals surface area contributed by atoms with Gasteiger partial charge in [-0.3, -0.25) is 4.90 Å². The van der Waals surface area contributed by atoms with Gasteiger partial charge in [-0.1, -0.05) is 20.3 Å². The molecule has 0 aromatic rings. The maximum atomic E-state index is 10.7. The molecule has 0 bridgehead atoms. The van der Waals surface area contributed by atoms with Crippen LogP contribution in [-0.4, -0.2) is 25.0 Å². The van der Waals surface area contributed by atoms with Crippen LogP contribution in [-0.2, 0) is 10.1 Å². The van der Waals surface area contributed by atoms with Crippen molar-refractivity contribution in [2.75, 3.05) is 6.54 Å². The van der Waals surface area contributed by atoms with Crippen molar-refractivity contribution in [1.82, 2.24) is 0 Å². The third kappa shape index (κ3) is 7.34. The Kier molecular flexibility index (Phi) is 7.32. The molecule has 112 valence electrons. The fourth-order valence-electron chi connectivity index (χ4n) is 1.44. The van der Waals surface area contributed by atoms with E-state index >= 15 is 0 Å². The molecule has 0 fully saturated rings. The fraction of sp³-hybridized carbons (Fsp3) is 0.636. The summed E-state index contributed by atoms with van der Waals surface area (Å²) in [6.07, 6.45) is 10.6. The molecule has 4 nitrogen and oxygen atoms in total. The molecule has 8 heteroatoms. The van der Waals surface area contributed by atoms with Gasteiger partial charge in [0.2, 0.25) is 0 Å². The van der Waals surface area contributed by atoms with Crippen LogP contribution in [0.2, 0.25) is 0 Å². The minimum absolute atomic E-state index is 1.24. The molecule has 0 amide bonds. The van der Waals surface area contributed by atoms with Crippen LogP contribution in [0.1, 0.15) is 33.1 Å². The van der Waals surface area contributed by atoms with Crippen LogP contribution in [0.4, 0.5) is 13.2 Å². The summed E-state index contributed by atoms with van der Waals surface area (Å²) in [6, 6.07) is 0. The quantitative estimate of drug-likeness (QED) is 0.633. The summed E-state index contributed by atoms with van der Waals surface area (Å²) in [5.41, 5.74) is -4.14. The van der Waals surface area contributed by atoms with Crippen LogP contribution in [0.15, 0.2) is 24.0 Å². The Bertz CT molecular complexity index is 427. The van der Waals surface area contributed by atoms with E-state index in [1.165, 1.54) is 36.3 Å². The van der Waals surface area contributed by atoms with E-state index in [-0.39, 0.29) is 0 Å². The molecule has 1 unspecified atom stereocenters. The van der Waals surface area contributed by atoms with Crippen molar-refractivity contribution in [2.45, 2.75) is 38.6 Å². The summed E-state index contributed by atoms with van der Waals surface area (Å²) in [5.74, 6) is 0. The minimum atomic E-state index is -6.09. The van der Waals surface area contributed by atoms with Crippen LogP contribution in [0.25, 0.3) is 0 Å². The largest absolute Gasteiger partial charge is 0.741 e. The first kappa shape index (κ1) is 18.1. The maximum Gasteiger partial charge on any atom is 0.485 e. The van der Waals surface area contributed by atoms with Crippen molar-refractivity contribution in [3.63, 3.8) is 0 Å². The molecule has 0 aliphatic carbocycles. The smallest absolute Gasteiger partial charge is 0.485 e. The number of quaternary nitrogens is 1. The number of hydrogen-bond acceptors (Lipinski definition) is 3. The third-order valence-corrected chi connectivity index (χ3v) is 2.81. The molecule has 0 saturated carbocycles. The van der Waals surface area contributed by atoms with Gasteiger partial charge in [0.15, 0.2) is 10.1 Å². The summed E-state index contributed by atoms with van der Waals surface area (Å²) in [4.78, 5) is 1.51. The molecule has 0 radical (unpaired) electrons. The third-order valence-electron chi connectivity index (χ3n) is 2.24. The Hall–Kier alpha value is -0.860. The Morgan fingerprint density at radius 1 is 1.26 bits per heavy atom. The Balaban J connectivity index is 0.000000362. The van der Waals surface area contributed by atoms with Crippen molar-refractivity contribution in [3.05, 3.63) is 24.0 Å². The van der Waals surface area contributed by atoms with Crippen molar-refractivity contribution in [3.8, 4) is 0 Å². The molecule has 19 heavy (non-hydrogen) atoms. The van der Waals surface area contributed by atoms with Gasteiger partial charge in [-0.2, -0.15) is 13.2 Å².